The number of hydrazine groups is 1. The first-order valence-corrected chi connectivity index (χ1v) is 8.78. The second-order valence-corrected chi connectivity index (χ2v) is 7.41. The van der Waals surface area contributed by atoms with Gasteiger partial charge in [0.05, 0.1) is 5.75 Å². The molecule has 0 bridgehead atoms. The molecule has 0 unspecified atom stereocenters. The van der Waals surface area contributed by atoms with Gasteiger partial charge < -0.3 is 0 Å². The third-order valence-electron chi connectivity index (χ3n) is 3.54. The van der Waals surface area contributed by atoms with E-state index in [0.29, 0.717) is 0 Å². The van der Waals surface area contributed by atoms with Crippen LogP contribution in [0.15, 0.2) is 11.4 Å². The summed E-state index contributed by atoms with van der Waals surface area (Å²) in [6, 6.07) is 0. The molecule has 2 amide bonds. The summed E-state index contributed by atoms with van der Waals surface area (Å²) in [7, 11) is 0. The Labute approximate surface area is 136 Å². The lowest BCUT2D eigenvalue weighted by Gasteiger charge is -2.06. The lowest BCUT2D eigenvalue weighted by molar-refractivity contribution is -0.128. The molecule has 6 nitrogen and oxygen atoms in total. The molecule has 1 fully saturated rings. The van der Waals surface area contributed by atoms with Crippen molar-refractivity contribution in [3.05, 3.63) is 16.8 Å². The number of hydrogen-bond donors (Lipinski definition) is 2. The van der Waals surface area contributed by atoms with Crippen molar-refractivity contribution in [2.24, 2.45) is 5.92 Å². The summed E-state index contributed by atoms with van der Waals surface area (Å²) in [5, 5.41) is 1.82. The Balaban J connectivity index is 1.61. The zero-order valence-electron chi connectivity index (χ0n) is 12.3. The van der Waals surface area contributed by atoms with Crippen molar-refractivity contribution < 1.29 is 9.59 Å². The molecule has 2 aromatic heterocycles. The van der Waals surface area contributed by atoms with Crippen molar-refractivity contribution in [3.8, 4) is 0 Å². The number of nitrogens with one attached hydrogen (secondary N) is 2. The van der Waals surface area contributed by atoms with Crippen LogP contribution in [0, 0.1) is 19.8 Å². The number of thiophene rings is 1. The Bertz CT molecular complexity index is 740. The van der Waals surface area contributed by atoms with Gasteiger partial charge >= 0.3 is 0 Å². The predicted octanol–water partition coefficient (Wildman–Crippen LogP) is 1.96. The molecule has 8 heteroatoms. The first kappa shape index (κ1) is 15.2. The summed E-state index contributed by atoms with van der Waals surface area (Å²) in [5.41, 5.74) is 6.05. The van der Waals surface area contributed by atoms with Gasteiger partial charge in [-0.05, 0) is 32.3 Å². The molecule has 22 heavy (non-hydrogen) atoms. The first-order chi connectivity index (χ1) is 10.6. The Kier molecular flexibility index (Phi) is 4.30. The fourth-order valence-corrected chi connectivity index (χ4v) is 3.93. The number of nitrogens with zero attached hydrogens (tertiary/aromatic N) is 2. The molecule has 1 aliphatic carbocycles. The van der Waals surface area contributed by atoms with Gasteiger partial charge in [-0.3, -0.25) is 20.4 Å². The van der Waals surface area contributed by atoms with E-state index in [1.54, 1.807) is 11.3 Å². The van der Waals surface area contributed by atoms with E-state index < -0.39 is 0 Å². The molecule has 1 saturated carbocycles. The van der Waals surface area contributed by atoms with E-state index in [0.717, 1.165) is 33.6 Å². The highest BCUT2D eigenvalue weighted by molar-refractivity contribution is 8.00. The SMILES string of the molecule is Cc1sc2ncnc(SCC(=O)NNC(=O)C3CC3)c2c1C. The molecule has 2 heterocycles. The predicted molar refractivity (Wildman–Crippen MR) is 86.6 cm³/mol. The largest absolute Gasteiger partial charge is 0.273 e. The summed E-state index contributed by atoms with van der Waals surface area (Å²) in [4.78, 5) is 34.0. The number of fused-ring (bicyclic) bond motifs is 1. The smallest absolute Gasteiger partial charge is 0.248 e. The Hall–Kier alpha value is -1.67. The summed E-state index contributed by atoms with van der Waals surface area (Å²) in [6.45, 7) is 4.09. The summed E-state index contributed by atoms with van der Waals surface area (Å²) < 4.78 is 0. The van der Waals surface area contributed by atoms with Crippen molar-refractivity contribution in [1.82, 2.24) is 20.8 Å². The second-order valence-electron chi connectivity index (χ2n) is 5.24. The minimum atomic E-state index is -0.240. The van der Waals surface area contributed by atoms with E-state index in [-0.39, 0.29) is 23.5 Å². The van der Waals surface area contributed by atoms with E-state index in [9.17, 15) is 9.59 Å². The van der Waals surface area contributed by atoms with E-state index in [2.05, 4.69) is 27.7 Å². The van der Waals surface area contributed by atoms with Crippen molar-refractivity contribution in [3.63, 3.8) is 0 Å². The number of carbonyl (C=O) groups is 2. The van der Waals surface area contributed by atoms with Crippen molar-refractivity contribution in [2.75, 3.05) is 5.75 Å². The molecule has 2 aromatic rings. The second kappa shape index (κ2) is 6.21. The van der Waals surface area contributed by atoms with Gasteiger partial charge in [-0.15, -0.1) is 11.3 Å². The average molecular weight is 336 g/mol. The van der Waals surface area contributed by atoms with Crippen LogP contribution in [0.3, 0.4) is 0 Å². The van der Waals surface area contributed by atoms with Gasteiger partial charge in [0, 0.05) is 16.2 Å². The van der Waals surface area contributed by atoms with Gasteiger partial charge in [0.1, 0.15) is 16.2 Å². The molecule has 0 spiro atoms. The molecular weight excluding hydrogens is 320 g/mol. The van der Waals surface area contributed by atoms with Gasteiger partial charge in [-0.2, -0.15) is 0 Å². The van der Waals surface area contributed by atoms with Crippen LogP contribution in [-0.2, 0) is 9.59 Å². The fraction of sp³-hybridized carbons (Fsp3) is 0.429. The maximum atomic E-state index is 11.8. The number of aromatic nitrogens is 2. The third kappa shape index (κ3) is 3.22. The van der Waals surface area contributed by atoms with E-state index in [1.807, 2.05) is 6.92 Å². The number of aryl methyl sites for hydroxylation is 2. The standard InChI is InChI=1S/C14H16N4O2S2/c1-7-8(2)22-14-11(7)13(15-6-16-14)21-5-10(19)17-18-12(20)9-3-4-9/h6,9H,3-5H2,1-2H3,(H,17,19)(H,18,20). The minimum absolute atomic E-state index is 0.0749. The van der Waals surface area contributed by atoms with Crippen LogP contribution >= 0.6 is 23.1 Å². The van der Waals surface area contributed by atoms with Crippen molar-refractivity contribution >= 4 is 45.1 Å². The molecule has 2 N–H and O–H groups in total. The number of hydrogen-bond acceptors (Lipinski definition) is 6. The van der Waals surface area contributed by atoms with Crippen LogP contribution in [0.1, 0.15) is 23.3 Å². The lowest BCUT2D eigenvalue weighted by Crippen LogP contribution is -2.43. The van der Waals surface area contributed by atoms with Crippen molar-refractivity contribution in [2.45, 2.75) is 31.7 Å². The topological polar surface area (TPSA) is 84.0 Å². The van der Waals surface area contributed by atoms with Crippen molar-refractivity contribution in [1.29, 1.82) is 0 Å². The van der Waals surface area contributed by atoms with Crippen LogP contribution in [0.5, 0.6) is 0 Å². The van der Waals surface area contributed by atoms with Crippen LogP contribution in [0.4, 0.5) is 0 Å². The van der Waals surface area contributed by atoms with Gasteiger partial charge in [-0.1, -0.05) is 11.8 Å². The van der Waals surface area contributed by atoms with Crippen LogP contribution in [0.2, 0.25) is 0 Å². The first-order valence-electron chi connectivity index (χ1n) is 6.98. The summed E-state index contributed by atoms with van der Waals surface area (Å²) in [6.07, 6.45) is 3.34. The van der Waals surface area contributed by atoms with E-state index >= 15 is 0 Å². The number of thioether (sulfide) groups is 1. The lowest BCUT2D eigenvalue weighted by atomic mass is 10.2. The van der Waals surface area contributed by atoms with E-state index in [1.165, 1.54) is 23.0 Å². The third-order valence-corrected chi connectivity index (χ3v) is 5.65. The minimum Gasteiger partial charge on any atom is -0.273 e. The molecule has 0 radical (unpaired) electrons. The zero-order valence-corrected chi connectivity index (χ0v) is 13.9. The van der Waals surface area contributed by atoms with Gasteiger partial charge in [-0.25, -0.2) is 9.97 Å². The summed E-state index contributed by atoms with van der Waals surface area (Å²) in [5.74, 6) is -0.0703. The maximum Gasteiger partial charge on any atom is 0.248 e. The van der Waals surface area contributed by atoms with Crippen LogP contribution in [-0.4, -0.2) is 27.5 Å². The molecule has 0 aliphatic heterocycles. The Morgan fingerprint density at radius 1 is 1.32 bits per heavy atom. The molecule has 1 aliphatic rings. The quantitative estimate of drug-likeness (QED) is 0.506. The fourth-order valence-electron chi connectivity index (χ4n) is 2.01. The normalized spacial score (nSPS) is 14.1. The Morgan fingerprint density at radius 2 is 2.09 bits per heavy atom. The highest BCUT2D eigenvalue weighted by Gasteiger charge is 2.29. The molecule has 3 rings (SSSR count). The average Bonchev–Trinajstić information content (AvgIpc) is 3.30. The number of rotatable bonds is 4. The van der Waals surface area contributed by atoms with Crippen LogP contribution < -0.4 is 10.9 Å². The molecule has 116 valence electrons. The monoisotopic (exact) mass is 336 g/mol. The zero-order chi connectivity index (χ0) is 15.7. The van der Waals surface area contributed by atoms with E-state index in [4.69, 9.17) is 0 Å². The molecule has 0 aromatic carbocycles. The van der Waals surface area contributed by atoms with Gasteiger partial charge in [0.15, 0.2) is 0 Å². The number of amides is 2. The van der Waals surface area contributed by atoms with Gasteiger partial charge in [0.25, 0.3) is 0 Å². The van der Waals surface area contributed by atoms with Gasteiger partial charge in [0.2, 0.25) is 11.8 Å². The van der Waals surface area contributed by atoms with Crippen LogP contribution in [0.25, 0.3) is 10.2 Å². The number of carbonyl (C=O) groups excluding carboxylic acids is 2. The maximum absolute atomic E-state index is 11.8. The highest BCUT2D eigenvalue weighted by atomic mass is 32.2. The molecule has 0 atom stereocenters. The highest BCUT2D eigenvalue weighted by Crippen LogP contribution is 2.34. The summed E-state index contributed by atoms with van der Waals surface area (Å²) >= 11 is 2.98. The molecular formula is C14H16N4O2S2. The molecule has 0 saturated heterocycles. The Morgan fingerprint density at radius 3 is 2.82 bits per heavy atom.